The lowest BCUT2D eigenvalue weighted by molar-refractivity contribution is -0.140. The molecule has 0 radical (unpaired) electrons. The van der Waals surface area contributed by atoms with Gasteiger partial charge in [-0.1, -0.05) is 6.07 Å². The number of cyclic esters (lactones) is 1. The van der Waals surface area contributed by atoms with E-state index >= 15 is 0 Å². The number of amides is 1. The van der Waals surface area contributed by atoms with Gasteiger partial charge in [0.2, 0.25) is 12.7 Å². The molecule has 0 spiro atoms. The number of fused-ring (bicyclic) bond motifs is 1. The molecule has 0 aromatic heterocycles. The van der Waals surface area contributed by atoms with E-state index in [0.717, 1.165) is 5.56 Å². The maximum absolute atomic E-state index is 11.7. The van der Waals surface area contributed by atoms with Crippen molar-refractivity contribution in [2.24, 2.45) is 0 Å². The molecule has 1 atom stereocenters. The fraction of sp³-hybridized carbons (Fsp3) is 0.286. The van der Waals surface area contributed by atoms with Crippen molar-refractivity contribution in [3.63, 3.8) is 0 Å². The third-order valence-corrected chi connectivity index (χ3v) is 3.08. The van der Waals surface area contributed by atoms with E-state index in [1.165, 1.54) is 6.08 Å². The van der Waals surface area contributed by atoms with Crippen molar-refractivity contribution in [1.82, 2.24) is 5.32 Å². The summed E-state index contributed by atoms with van der Waals surface area (Å²) in [6, 6.07) is 4.86. The van der Waals surface area contributed by atoms with Gasteiger partial charge in [-0.15, -0.1) is 0 Å². The van der Waals surface area contributed by atoms with Gasteiger partial charge >= 0.3 is 5.97 Å². The van der Waals surface area contributed by atoms with E-state index in [4.69, 9.17) is 14.2 Å². The van der Waals surface area contributed by atoms with Gasteiger partial charge in [-0.3, -0.25) is 4.79 Å². The van der Waals surface area contributed by atoms with Crippen LogP contribution >= 0.6 is 0 Å². The van der Waals surface area contributed by atoms with Crippen LogP contribution in [0.5, 0.6) is 11.5 Å². The number of hydrogen-bond donors (Lipinski definition) is 1. The highest BCUT2D eigenvalue weighted by molar-refractivity contribution is 5.95. The van der Waals surface area contributed by atoms with E-state index in [1.54, 1.807) is 18.2 Å². The van der Waals surface area contributed by atoms with Crippen molar-refractivity contribution in [2.45, 2.75) is 12.5 Å². The molecule has 3 rings (SSSR count). The maximum Gasteiger partial charge on any atom is 0.328 e. The minimum atomic E-state index is -0.538. The van der Waals surface area contributed by atoms with Gasteiger partial charge in [0.25, 0.3) is 0 Å². The summed E-state index contributed by atoms with van der Waals surface area (Å²) in [4.78, 5) is 22.9. The average Bonchev–Trinajstić information content (AvgIpc) is 3.05. The SMILES string of the molecule is O=C(/C=C/c1ccc2c(c1)OCO2)N[C@H]1CCOC1=O. The molecule has 0 aliphatic carbocycles. The maximum atomic E-state index is 11.7. The first kappa shape index (κ1) is 12.5. The topological polar surface area (TPSA) is 73.9 Å². The van der Waals surface area contributed by atoms with E-state index in [1.807, 2.05) is 6.07 Å². The van der Waals surface area contributed by atoms with Gasteiger partial charge in [0.1, 0.15) is 6.04 Å². The summed E-state index contributed by atoms with van der Waals surface area (Å²) in [5.74, 6) is 0.647. The Morgan fingerprint density at radius 1 is 1.25 bits per heavy atom. The second-order valence-electron chi connectivity index (χ2n) is 4.46. The number of rotatable bonds is 3. The van der Waals surface area contributed by atoms with Gasteiger partial charge in [0, 0.05) is 12.5 Å². The summed E-state index contributed by atoms with van der Waals surface area (Å²) in [5.41, 5.74) is 0.818. The van der Waals surface area contributed by atoms with Crippen LogP contribution in [0.15, 0.2) is 24.3 Å². The lowest BCUT2D eigenvalue weighted by Gasteiger charge is -2.05. The van der Waals surface area contributed by atoms with Gasteiger partial charge < -0.3 is 19.5 Å². The highest BCUT2D eigenvalue weighted by atomic mass is 16.7. The van der Waals surface area contributed by atoms with E-state index < -0.39 is 6.04 Å². The van der Waals surface area contributed by atoms with E-state index in [9.17, 15) is 9.59 Å². The minimum Gasteiger partial charge on any atom is -0.464 e. The van der Waals surface area contributed by atoms with Gasteiger partial charge in [0.05, 0.1) is 6.61 Å². The zero-order valence-corrected chi connectivity index (χ0v) is 10.6. The van der Waals surface area contributed by atoms with Gasteiger partial charge in [-0.05, 0) is 23.8 Å². The van der Waals surface area contributed by atoms with Crippen LogP contribution in [-0.2, 0) is 14.3 Å². The normalized spacial score (nSPS) is 20.2. The second kappa shape index (κ2) is 5.24. The Bertz CT molecular complexity index is 581. The molecule has 2 aliphatic heterocycles. The summed E-state index contributed by atoms with van der Waals surface area (Å²) >= 11 is 0. The van der Waals surface area contributed by atoms with E-state index in [0.29, 0.717) is 24.5 Å². The summed E-state index contributed by atoms with van der Waals surface area (Å²) in [7, 11) is 0. The van der Waals surface area contributed by atoms with Crippen molar-refractivity contribution in [2.75, 3.05) is 13.4 Å². The predicted molar refractivity (Wildman–Crippen MR) is 69.1 cm³/mol. The lowest BCUT2D eigenvalue weighted by atomic mass is 10.2. The molecule has 1 aromatic rings. The Morgan fingerprint density at radius 2 is 2.10 bits per heavy atom. The largest absolute Gasteiger partial charge is 0.464 e. The van der Waals surface area contributed by atoms with Gasteiger partial charge in [0.15, 0.2) is 11.5 Å². The molecule has 6 heteroatoms. The van der Waals surface area contributed by atoms with E-state index in [-0.39, 0.29) is 18.7 Å². The molecule has 104 valence electrons. The van der Waals surface area contributed by atoms with Crippen molar-refractivity contribution in [1.29, 1.82) is 0 Å². The Kier molecular flexibility index (Phi) is 3.28. The molecule has 0 bridgehead atoms. The van der Waals surface area contributed by atoms with Crippen molar-refractivity contribution >= 4 is 18.0 Å². The number of carbonyl (C=O) groups is 2. The predicted octanol–water partition coefficient (Wildman–Crippen LogP) is 0.860. The van der Waals surface area contributed by atoms with E-state index in [2.05, 4.69) is 5.32 Å². The number of esters is 1. The first-order valence-corrected chi connectivity index (χ1v) is 6.27. The third-order valence-electron chi connectivity index (χ3n) is 3.08. The molecule has 20 heavy (non-hydrogen) atoms. The molecule has 2 heterocycles. The summed E-state index contributed by atoms with van der Waals surface area (Å²) < 4.78 is 15.2. The van der Waals surface area contributed by atoms with Crippen LogP contribution in [0.4, 0.5) is 0 Å². The Hall–Kier alpha value is -2.50. The fourth-order valence-electron chi connectivity index (χ4n) is 2.04. The Balaban J connectivity index is 1.62. The number of carbonyl (C=O) groups excluding carboxylic acids is 2. The standard InChI is InChI=1S/C14H13NO5/c16-13(15-10-5-6-18-14(10)17)4-2-9-1-3-11-12(7-9)20-8-19-11/h1-4,7,10H,5-6,8H2,(H,15,16)/b4-2+/t10-/m0/s1. The number of ether oxygens (including phenoxy) is 3. The summed E-state index contributed by atoms with van der Waals surface area (Å²) in [5, 5.41) is 2.59. The Morgan fingerprint density at radius 3 is 2.90 bits per heavy atom. The van der Waals surface area contributed by atoms with Crippen molar-refractivity contribution < 1.29 is 23.8 Å². The highest BCUT2D eigenvalue weighted by Crippen LogP contribution is 2.32. The first-order valence-electron chi connectivity index (χ1n) is 6.27. The average molecular weight is 275 g/mol. The number of benzene rings is 1. The smallest absolute Gasteiger partial charge is 0.328 e. The van der Waals surface area contributed by atoms with Crippen molar-refractivity contribution in [3.05, 3.63) is 29.8 Å². The lowest BCUT2D eigenvalue weighted by Crippen LogP contribution is -2.36. The van der Waals surface area contributed by atoms with Crippen LogP contribution in [0.2, 0.25) is 0 Å². The molecular formula is C14H13NO5. The van der Waals surface area contributed by atoms with Crippen LogP contribution in [0.3, 0.4) is 0 Å². The Labute approximate surface area is 115 Å². The van der Waals surface area contributed by atoms with Crippen LogP contribution < -0.4 is 14.8 Å². The molecule has 0 saturated carbocycles. The first-order chi connectivity index (χ1) is 9.72. The fourth-order valence-corrected chi connectivity index (χ4v) is 2.04. The molecule has 1 N–H and O–H groups in total. The van der Waals surface area contributed by atoms with Crippen LogP contribution in [0, 0.1) is 0 Å². The zero-order chi connectivity index (χ0) is 13.9. The highest BCUT2D eigenvalue weighted by Gasteiger charge is 2.27. The van der Waals surface area contributed by atoms with Gasteiger partial charge in [-0.25, -0.2) is 4.79 Å². The summed E-state index contributed by atoms with van der Waals surface area (Å²) in [6.07, 6.45) is 3.54. The molecule has 1 saturated heterocycles. The zero-order valence-electron chi connectivity index (χ0n) is 10.6. The molecule has 1 amide bonds. The molecular weight excluding hydrogens is 262 g/mol. The molecule has 1 aromatic carbocycles. The molecule has 0 unspecified atom stereocenters. The van der Waals surface area contributed by atoms with Crippen LogP contribution in [0.1, 0.15) is 12.0 Å². The monoisotopic (exact) mass is 275 g/mol. The molecule has 6 nitrogen and oxygen atoms in total. The minimum absolute atomic E-state index is 0.215. The second-order valence-corrected chi connectivity index (χ2v) is 4.46. The number of hydrogen-bond acceptors (Lipinski definition) is 5. The van der Waals surface area contributed by atoms with Crippen LogP contribution in [-0.4, -0.2) is 31.3 Å². The summed E-state index contributed by atoms with van der Waals surface area (Å²) in [6.45, 7) is 0.572. The molecule has 2 aliphatic rings. The van der Waals surface area contributed by atoms with Gasteiger partial charge in [-0.2, -0.15) is 0 Å². The number of nitrogens with one attached hydrogen (secondary N) is 1. The third kappa shape index (κ3) is 2.59. The molecule has 1 fully saturated rings. The van der Waals surface area contributed by atoms with Crippen LogP contribution in [0.25, 0.3) is 6.08 Å². The quantitative estimate of drug-likeness (QED) is 0.654. The van der Waals surface area contributed by atoms with Crippen molar-refractivity contribution in [3.8, 4) is 11.5 Å².